The summed E-state index contributed by atoms with van der Waals surface area (Å²) in [5.41, 5.74) is 20.6. The van der Waals surface area contributed by atoms with Crippen molar-refractivity contribution in [2.24, 2.45) is 23.3 Å². The average Bonchev–Trinajstić information content (AvgIpc) is 3.81. The van der Waals surface area contributed by atoms with Crippen LogP contribution in [0.25, 0.3) is 11.1 Å². The van der Waals surface area contributed by atoms with Gasteiger partial charge in [0.1, 0.15) is 24.7 Å². The topological polar surface area (TPSA) is 226 Å². The Labute approximate surface area is 479 Å². The molecule has 0 unspecified atom stereocenters. The third-order valence-corrected chi connectivity index (χ3v) is 13.7. The first kappa shape index (κ1) is 69.8. The second-order valence-electron chi connectivity index (χ2n) is 21.0. The van der Waals surface area contributed by atoms with Crippen LogP contribution in [0, 0.1) is 11.8 Å². The van der Waals surface area contributed by atoms with Gasteiger partial charge in [-0.2, -0.15) is 0 Å². The molecule has 1 aliphatic carbocycles. The predicted octanol–water partition coefficient (Wildman–Crippen LogP) is 13.4. The van der Waals surface area contributed by atoms with Crippen LogP contribution in [-0.2, 0) is 32.4 Å². The molecule has 4 aromatic carbocycles. The normalized spacial score (nSPS) is 15.6. The Morgan fingerprint density at radius 2 is 0.863 bits per heavy atom. The number of aliphatic carboxylic acids is 4. The molecule has 2 heterocycles. The molecule has 0 amide bonds. The van der Waals surface area contributed by atoms with Gasteiger partial charge in [-0.1, -0.05) is 162 Å². The molecule has 0 radical (unpaired) electrons. The van der Waals surface area contributed by atoms with Crippen molar-refractivity contribution in [3.05, 3.63) is 143 Å². The number of para-hydroxylation sites is 2. The van der Waals surface area contributed by atoms with Crippen LogP contribution in [0.3, 0.4) is 0 Å². The number of ether oxygens (including phenoxy) is 2. The Morgan fingerprint density at radius 1 is 0.500 bits per heavy atom. The molecule has 8 N–H and O–H groups in total. The molecule has 0 bridgehead atoms. The zero-order valence-corrected chi connectivity index (χ0v) is 49.2. The molecule has 80 heavy (non-hydrogen) atoms. The first-order valence-corrected chi connectivity index (χ1v) is 29.1. The van der Waals surface area contributed by atoms with E-state index in [4.69, 9.17) is 41.4 Å². The van der Waals surface area contributed by atoms with E-state index in [1.165, 1.54) is 83.1 Å². The highest BCUT2D eigenvalue weighted by atomic mass is 16.5. The Bertz CT molecular complexity index is 2190. The van der Waals surface area contributed by atoms with Gasteiger partial charge < -0.3 is 51.2 Å². The fourth-order valence-electron chi connectivity index (χ4n) is 9.08. The van der Waals surface area contributed by atoms with Crippen molar-refractivity contribution in [2.45, 2.75) is 155 Å². The number of nitrogens with two attached hydrogens (primary N) is 2. The molecule has 7 rings (SSSR count). The lowest BCUT2D eigenvalue weighted by Gasteiger charge is -2.24. The van der Waals surface area contributed by atoms with Crippen LogP contribution in [0.15, 0.2) is 109 Å². The number of carbonyl (C=O) groups is 4. The van der Waals surface area contributed by atoms with Gasteiger partial charge in [0, 0.05) is 43.5 Å². The van der Waals surface area contributed by atoms with Crippen molar-refractivity contribution in [3.8, 4) is 11.5 Å². The lowest BCUT2D eigenvalue weighted by atomic mass is 9.82. The van der Waals surface area contributed by atoms with E-state index >= 15 is 0 Å². The molecule has 2 aliphatic heterocycles. The molecule has 1 fully saturated rings. The summed E-state index contributed by atoms with van der Waals surface area (Å²) in [6.45, 7) is 8.85. The molecule has 0 saturated heterocycles. The number of carboxylic acid groups (broad SMARTS) is 4. The van der Waals surface area contributed by atoms with Crippen LogP contribution < -0.4 is 20.9 Å². The van der Waals surface area contributed by atoms with E-state index in [0.717, 1.165) is 88.8 Å². The molecule has 3 aliphatic rings. The number of carboxylic acids is 4. The quantitative estimate of drug-likeness (QED) is 0.0380. The van der Waals surface area contributed by atoms with Gasteiger partial charge in [0.15, 0.2) is 0 Å². The second kappa shape index (κ2) is 42.6. The first-order chi connectivity index (χ1) is 38.6. The van der Waals surface area contributed by atoms with Gasteiger partial charge in [-0.05, 0) is 151 Å². The van der Waals surface area contributed by atoms with E-state index in [-0.39, 0.29) is 12.3 Å². The Balaban J connectivity index is 0.000000345. The number of hydrogen-bond acceptors (Lipinski definition) is 10. The third-order valence-electron chi connectivity index (χ3n) is 13.7. The Morgan fingerprint density at radius 3 is 1.20 bits per heavy atom. The lowest BCUT2D eigenvalue weighted by Crippen LogP contribution is -2.25. The zero-order valence-electron chi connectivity index (χ0n) is 49.2. The summed E-state index contributed by atoms with van der Waals surface area (Å²) < 4.78 is 12.0. The van der Waals surface area contributed by atoms with Crippen LogP contribution in [0.1, 0.15) is 176 Å². The molecular weight excluding hydrogens is 1010 g/mol. The highest BCUT2D eigenvalue weighted by Crippen LogP contribution is 2.38. The van der Waals surface area contributed by atoms with Crippen LogP contribution in [0.2, 0.25) is 0 Å². The van der Waals surface area contributed by atoms with Crippen LogP contribution in [0.4, 0.5) is 0 Å². The summed E-state index contributed by atoms with van der Waals surface area (Å²) in [6, 6.07) is 33.7. The Hall–Kier alpha value is -6.32. The van der Waals surface area contributed by atoms with E-state index in [1.54, 1.807) is 0 Å². The summed E-state index contributed by atoms with van der Waals surface area (Å²) in [7, 11) is 8.43. The maximum atomic E-state index is 10.5. The minimum atomic E-state index is -0.773. The van der Waals surface area contributed by atoms with E-state index in [9.17, 15) is 19.2 Å². The van der Waals surface area contributed by atoms with Gasteiger partial charge >= 0.3 is 23.9 Å². The minimum absolute atomic E-state index is 0.0993. The number of fused-ring (bicyclic) bond motifs is 4. The minimum Gasteiger partial charge on any atom is -0.488 e. The molecular formula is C66H98N4O10. The molecule has 0 aromatic heterocycles. The van der Waals surface area contributed by atoms with Gasteiger partial charge in [0.25, 0.3) is 0 Å². The van der Waals surface area contributed by atoms with Gasteiger partial charge in [0.05, 0.1) is 5.92 Å². The standard InChI is InChI=1S/2C19H21NO.C8H15NO2.2C8H16O2.C4H9NO2/c2*1-20(2)13-7-11-17-16-9-4-3-8-15(16)14-21-19-12-6-5-10-18(17)19;9-5-6-1-3-7(4-2-6)8(10)11;2*1-2-3-4-5-6-7-8(9)10;5-3-1-2-4(6)7/h2*3-6,8-12H,7,13-14H2,1-2H3;6-7H,1-5,9H2,(H,10,11);2*2-7H2,1H3,(H,9,10);1-3,5H2,(H,6,7)/b2*17-11+;;;;. The van der Waals surface area contributed by atoms with Crippen molar-refractivity contribution in [2.75, 3.05) is 54.4 Å². The monoisotopic (exact) mass is 1110 g/mol. The number of hydrogen-bond donors (Lipinski definition) is 6. The highest BCUT2D eigenvalue weighted by Gasteiger charge is 2.25. The summed E-state index contributed by atoms with van der Waals surface area (Å²) >= 11 is 0. The van der Waals surface area contributed by atoms with Crippen molar-refractivity contribution in [1.29, 1.82) is 0 Å². The van der Waals surface area contributed by atoms with Crippen molar-refractivity contribution in [1.82, 2.24) is 9.80 Å². The zero-order chi connectivity index (χ0) is 58.9. The third kappa shape index (κ3) is 29.8. The summed E-state index contributed by atoms with van der Waals surface area (Å²) in [4.78, 5) is 44.7. The molecule has 1 saturated carbocycles. The molecule has 442 valence electrons. The fraction of sp³-hybridized carbons (Fsp3) is 0.515. The van der Waals surface area contributed by atoms with Gasteiger partial charge in [-0.3, -0.25) is 19.2 Å². The van der Waals surface area contributed by atoms with Crippen LogP contribution in [0.5, 0.6) is 11.5 Å². The molecule has 0 spiro atoms. The number of unbranched alkanes of at least 4 members (excludes halogenated alkanes) is 8. The smallest absolute Gasteiger partial charge is 0.306 e. The first-order valence-electron chi connectivity index (χ1n) is 29.1. The molecule has 4 aromatic rings. The average molecular weight is 1110 g/mol. The van der Waals surface area contributed by atoms with Crippen molar-refractivity contribution in [3.63, 3.8) is 0 Å². The van der Waals surface area contributed by atoms with E-state index in [1.807, 2.05) is 12.1 Å². The van der Waals surface area contributed by atoms with E-state index in [0.29, 0.717) is 51.5 Å². The van der Waals surface area contributed by atoms with Crippen molar-refractivity contribution < 1.29 is 49.1 Å². The van der Waals surface area contributed by atoms with Gasteiger partial charge in [-0.15, -0.1) is 0 Å². The Kier molecular flexibility index (Phi) is 37.1. The van der Waals surface area contributed by atoms with Crippen LogP contribution >= 0.6 is 0 Å². The summed E-state index contributed by atoms with van der Waals surface area (Å²) in [5.74, 6) is -0.322. The van der Waals surface area contributed by atoms with Crippen molar-refractivity contribution >= 4 is 35.0 Å². The number of benzene rings is 4. The van der Waals surface area contributed by atoms with Crippen LogP contribution in [-0.4, -0.2) is 108 Å². The van der Waals surface area contributed by atoms with Gasteiger partial charge in [0.2, 0.25) is 0 Å². The fourth-order valence-corrected chi connectivity index (χ4v) is 9.08. The van der Waals surface area contributed by atoms with E-state index in [2.05, 4.69) is 149 Å². The summed E-state index contributed by atoms with van der Waals surface area (Å²) in [5, 5.41) is 33.2. The lowest BCUT2D eigenvalue weighted by molar-refractivity contribution is -0.143. The SMILES string of the molecule is CCCCCCCC(=O)O.CCCCCCCC(=O)O.CN(C)CC/C=C1\c2ccccc2COc2ccccc21.CN(C)CC/C=C1\c2ccccc2COc2ccccc21.NCC1CCC(C(=O)O)CC1.NCCCC(=O)O. The second-order valence-corrected chi connectivity index (χ2v) is 21.0. The maximum Gasteiger partial charge on any atom is 0.306 e. The van der Waals surface area contributed by atoms with Gasteiger partial charge in [-0.25, -0.2) is 0 Å². The molecule has 14 nitrogen and oxygen atoms in total. The maximum absolute atomic E-state index is 10.5. The molecule has 14 heteroatoms. The highest BCUT2D eigenvalue weighted by molar-refractivity contribution is 5.86. The number of nitrogens with zero attached hydrogens (tertiary/aromatic N) is 2. The molecule has 0 atom stereocenters. The number of rotatable bonds is 23. The predicted molar refractivity (Wildman–Crippen MR) is 325 cm³/mol. The largest absolute Gasteiger partial charge is 0.488 e. The summed E-state index contributed by atoms with van der Waals surface area (Å²) in [6.07, 6.45) is 22.9. The van der Waals surface area contributed by atoms with E-state index < -0.39 is 23.9 Å².